The topological polar surface area (TPSA) is 113 Å². The number of likely N-dealkylation sites (tertiary alicyclic amines) is 1. The number of benzene rings is 1. The molecule has 1 atom stereocenters. The van der Waals surface area contributed by atoms with Gasteiger partial charge in [0.15, 0.2) is 5.17 Å². The molecule has 0 bridgehead atoms. The van der Waals surface area contributed by atoms with Crippen molar-refractivity contribution in [2.75, 3.05) is 25.0 Å². The van der Waals surface area contributed by atoms with Gasteiger partial charge in [-0.3, -0.25) is 14.4 Å². The van der Waals surface area contributed by atoms with Gasteiger partial charge in [-0.05, 0) is 49.6 Å². The van der Waals surface area contributed by atoms with Crippen LogP contribution in [-0.2, 0) is 16.1 Å². The van der Waals surface area contributed by atoms with Crippen molar-refractivity contribution in [3.05, 3.63) is 53.7 Å². The van der Waals surface area contributed by atoms with Crippen LogP contribution in [-0.4, -0.2) is 57.7 Å². The van der Waals surface area contributed by atoms with Gasteiger partial charge in [0.25, 0.3) is 11.8 Å². The third kappa shape index (κ3) is 6.60. The van der Waals surface area contributed by atoms with Crippen LogP contribution >= 0.6 is 11.8 Å². The predicted octanol–water partition coefficient (Wildman–Crippen LogP) is 3.22. The number of aromatic nitrogens is 1. The number of aliphatic imine (C=N–C) groups is 1. The van der Waals surface area contributed by atoms with Gasteiger partial charge >= 0.3 is 0 Å². The summed E-state index contributed by atoms with van der Waals surface area (Å²) >= 11 is 1.37. The Morgan fingerprint density at radius 3 is 2.69 bits per heavy atom. The van der Waals surface area contributed by atoms with Crippen LogP contribution in [0.2, 0.25) is 0 Å². The van der Waals surface area contributed by atoms with E-state index in [1.165, 1.54) is 11.8 Å². The second kappa shape index (κ2) is 11.8. The summed E-state index contributed by atoms with van der Waals surface area (Å²) in [4.78, 5) is 47.7. The minimum atomic E-state index is -0.491. The normalized spacial score (nSPS) is 17.3. The first-order valence-electron chi connectivity index (χ1n) is 11.8. The third-order valence-electron chi connectivity index (χ3n) is 5.64. The van der Waals surface area contributed by atoms with E-state index in [2.05, 4.69) is 25.5 Å². The largest absolute Gasteiger partial charge is 0.477 e. The van der Waals surface area contributed by atoms with Crippen molar-refractivity contribution >= 4 is 40.3 Å². The maximum Gasteiger partial charge on any atom is 0.262 e. The van der Waals surface area contributed by atoms with Crippen LogP contribution in [0.3, 0.4) is 0 Å². The lowest BCUT2D eigenvalue weighted by Crippen LogP contribution is -2.25. The molecule has 0 spiro atoms. The molecule has 3 heterocycles. The van der Waals surface area contributed by atoms with E-state index in [4.69, 9.17) is 4.74 Å². The lowest BCUT2D eigenvalue weighted by atomic mass is 10.1. The standard InChI is InChI=1S/C25H29N5O4S/c1-2-14-34-24-18(6-5-11-26-24)16-27-22(32)17-7-9-19(10-8-17)28-21(31)15-20-23(33)29-25(35-20)30-12-3-4-13-30/h5-11,20H,2-4,12-16H2,1H3,(H,27,32)(H,28,31). The Morgan fingerprint density at radius 1 is 1.17 bits per heavy atom. The Bertz CT molecular complexity index is 1100. The summed E-state index contributed by atoms with van der Waals surface area (Å²) in [5.74, 6) is -0.240. The van der Waals surface area contributed by atoms with Gasteiger partial charge in [-0.15, -0.1) is 0 Å². The molecule has 184 valence electrons. The number of thioether (sulfide) groups is 1. The van der Waals surface area contributed by atoms with Gasteiger partial charge in [0.2, 0.25) is 11.8 Å². The van der Waals surface area contributed by atoms with Crippen LogP contribution in [0, 0.1) is 0 Å². The monoisotopic (exact) mass is 495 g/mol. The summed E-state index contributed by atoms with van der Waals surface area (Å²) in [7, 11) is 0. The maximum absolute atomic E-state index is 12.6. The molecule has 9 nitrogen and oxygen atoms in total. The van der Waals surface area contributed by atoms with Gasteiger partial charge in [0.1, 0.15) is 5.25 Å². The first kappa shape index (κ1) is 24.7. The number of carbonyl (C=O) groups is 3. The van der Waals surface area contributed by atoms with Gasteiger partial charge < -0.3 is 20.3 Å². The molecule has 0 aliphatic carbocycles. The molecule has 1 unspecified atom stereocenters. The van der Waals surface area contributed by atoms with Gasteiger partial charge in [-0.1, -0.05) is 24.8 Å². The summed E-state index contributed by atoms with van der Waals surface area (Å²) in [5, 5.41) is 5.91. The Kier molecular flexibility index (Phi) is 8.36. The van der Waals surface area contributed by atoms with Gasteiger partial charge in [-0.25, -0.2) is 4.98 Å². The van der Waals surface area contributed by atoms with Crippen LogP contribution in [0.5, 0.6) is 5.88 Å². The number of pyridine rings is 1. The summed E-state index contributed by atoms with van der Waals surface area (Å²) < 4.78 is 5.63. The SMILES string of the molecule is CCCOc1ncccc1CNC(=O)c1ccc(NC(=O)CC2SC(N3CCCC3)=NC2=O)cc1. The lowest BCUT2D eigenvalue weighted by Gasteiger charge is -2.16. The van der Waals surface area contributed by atoms with Crippen LogP contribution in [0.1, 0.15) is 48.5 Å². The molecule has 1 aromatic heterocycles. The maximum atomic E-state index is 12.6. The number of nitrogens with zero attached hydrogens (tertiary/aromatic N) is 3. The number of amides is 3. The molecule has 1 saturated heterocycles. The average molecular weight is 496 g/mol. The zero-order valence-corrected chi connectivity index (χ0v) is 20.5. The predicted molar refractivity (Wildman–Crippen MR) is 136 cm³/mol. The van der Waals surface area contributed by atoms with Crippen molar-refractivity contribution in [2.45, 2.75) is 44.4 Å². The first-order valence-corrected chi connectivity index (χ1v) is 12.7. The molecule has 2 N–H and O–H groups in total. The Morgan fingerprint density at radius 2 is 1.94 bits per heavy atom. The highest BCUT2D eigenvalue weighted by Gasteiger charge is 2.33. The molecular formula is C25H29N5O4S. The number of hydrogen-bond acceptors (Lipinski definition) is 7. The zero-order valence-electron chi connectivity index (χ0n) is 19.7. The van der Waals surface area contributed by atoms with E-state index in [1.54, 1.807) is 36.5 Å². The quantitative estimate of drug-likeness (QED) is 0.549. The number of rotatable bonds is 9. The van der Waals surface area contributed by atoms with Crippen molar-refractivity contribution in [2.24, 2.45) is 4.99 Å². The summed E-state index contributed by atoms with van der Waals surface area (Å²) in [6.45, 7) is 4.69. The molecule has 35 heavy (non-hydrogen) atoms. The molecule has 2 aromatic rings. The van der Waals surface area contributed by atoms with Gasteiger partial charge in [-0.2, -0.15) is 4.99 Å². The molecule has 0 radical (unpaired) electrons. The fraction of sp³-hybridized carbons (Fsp3) is 0.400. The van der Waals surface area contributed by atoms with E-state index in [-0.39, 0.29) is 24.1 Å². The number of nitrogens with one attached hydrogen (secondary N) is 2. The second-order valence-electron chi connectivity index (χ2n) is 8.36. The van der Waals surface area contributed by atoms with Crippen LogP contribution in [0.25, 0.3) is 0 Å². The van der Waals surface area contributed by atoms with Gasteiger partial charge in [0.05, 0.1) is 6.61 Å². The minimum Gasteiger partial charge on any atom is -0.477 e. The minimum absolute atomic E-state index is 0.0557. The number of amidine groups is 1. The second-order valence-corrected chi connectivity index (χ2v) is 9.53. The van der Waals surface area contributed by atoms with Crippen LogP contribution in [0.15, 0.2) is 47.6 Å². The van der Waals surface area contributed by atoms with Crippen molar-refractivity contribution in [3.8, 4) is 5.88 Å². The van der Waals surface area contributed by atoms with Crippen LogP contribution in [0.4, 0.5) is 5.69 Å². The summed E-state index contributed by atoms with van der Waals surface area (Å²) in [6.07, 6.45) is 4.79. The molecule has 4 rings (SSSR count). The van der Waals surface area contributed by atoms with E-state index >= 15 is 0 Å². The van der Waals surface area contributed by atoms with E-state index in [0.717, 1.165) is 43.1 Å². The Balaban J connectivity index is 1.25. The van der Waals surface area contributed by atoms with Crippen molar-refractivity contribution in [3.63, 3.8) is 0 Å². The number of hydrogen-bond donors (Lipinski definition) is 2. The number of anilines is 1. The van der Waals surface area contributed by atoms with E-state index < -0.39 is 5.25 Å². The van der Waals surface area contributed by atoms with Crippen molar-refractivity contribution in [1.29, 1.82) is 0 Å². The molecule has 3 amide bonds. The number of ether oxygens (including phenoxy) is 1. The lowest BCUT2D eigenvalue weighted by molar-refractivity contribution is -0.121. The molecule has 0 saturated carbocycles. The van der Waals surface area contributed by atoms with Gasteiger partial charge in [0, 0.05) is 49.1 Å². The molecule has 2 aliphatic heterocycles. The van der Waals surface area contributed by atoms with Crippen LogP contribution < -0.4 is 15.4 Å². The zero-order chi connectivity index (χ0) is 24.6. The third-order valence-corrected chi connectivity index (χ3v) is 6.85. The average Bonchev–Trinajstić information content (AvgIpc) is 3.52. The highest BCUT2D eigenvalue weighted by Crippen LogP contribution is 2.29. The molecule has 10 heteroatoms. The van der Waals surface area contributed by atoms with E-state index in [1.807, 2.05) is 13.0 Å². The highest BCUT2D eigenvalue weighted by atomic mass is 32.2. The fourth-order valence-corrected chi connectivity index (χ4v) is 4.92. The van der Waals surface area contributed by atoms with Crippen molar-refractivity contribution < 1.29 is 19.1 Å². The number of carbonyl (C=O) groups excluding carboxylic acids is 3. The Labute approximate surface area is 208 Å². The summed E-state index contributed by atoms with van der Waals surface area (Å²) in [5.41, 5.74) is 1.83. The molecule has 2 aliphatic rings. The first-order chi connectivity index (χ1) is 17.0. The smallest absolute Gasteiger partial charge is 0.262 e. The highest BCUT2D eigenvalue weighted by molar-refractivity contribution is 8.15. The molecule has 1 aromatic carbocycles. The Hall–Kier alpha value is -3.40. The van der Waals surface area contributed by atoms with E-state index in [0.29, 0.717) is 30.3 Å². The van der Waals surface area contributed by atoms with E-state index in [9.17, 15) is 14.4 Å². The van der Waals surface area contributed by atoms with Crippen molar-refractivity contribution in [1.82, 2.24) is 15.2 Å². The fourth-order valence-electron chi connectivity index (χ4n) is 3.80. The molecule has 1 fully saturated rings. The molecular weight excluding hydrogens is 466 g/mol. The summed E-state index contributed by atoms with van der Waals surface area (Å²) in [6, 6.07) is 10.3.